The van der Waals surface area contributed by atoms with Crippen LogP contribution in [0.3, 0.4) is 0 Å². The van der Waals surface area contributed by atoms with Crippen LogP contribution < -0.4 is 19.0 Å². The number of anilines is 2. The molecular weight excluding hydrogens is 492 g/mol. The van der Waals surface area contributed by atoms with Crippen LogP contribution in [0.15, 0.2) is 78.9 Å². The van der Waals surface area contributed by atoms with E-state index in [2.05, 4.69) is 10.6 Å². The Morgan fingerprint density at radius 2 is 1.40 bits per heavy atom. The average molecular weight is 519 g/mol. The van der Waals surface area contributed by atoms with Gasteiger partial charge in [-0.3, -0.25) is 0 Å². The fraction of sp³-hybridized carbons (Fsp3) is 0.208. The highest BCUT2D eigenvalue weighted by Gasteiger charge is 2.15. The van der Waals surface area contributed by atoms with E-state index in [4.69, 9.17) is 8.37 Å². The lowest BCUT2D eigenvalue weighted by molar-refractivity contribution is 0.262. The van der Waals surface area contributed by atoms with Crippen LogP contribution in [0.5, 0.6) is 11.5 Å². The molecule has 3 rings (SSSR count). The van der Waals surface area contributed by atoms with E-state index in [1.54, 1.807) is 42.5 Å². The van der Waals surface area contributed by atoms with Crippen LogP contribution in [0.4, 0.5) is 16.2 Å². The van der Waals surface area contributed by atoms with Crippen molar-refractivity contribution in [1.29, 1.82) is 0 Å². The third kappa shape index (κ3) is 8.95. The second-order valence-electron chi connectivity index (χ2n) is 7.60. The first-order valence-corrected chi connectivity index (χ1v) is 14.0. The zero-order valence-electron chi connectivity index (χ0n) is 19.0. The van der Waals surface area contributed by atoms with Crippen molar-refractivity contribution in [3.8, 4) is 11.5 Å². The minimum Gasteiger partial charge on any atom is -0.382 e. The predicted octanol–water partition coefficient (Wildman–Crippen LogP) is 4.75. The van der Waals surface area contributed by atoms with Crippen LogP contribution in [0.2, 0.25) is 0 Å². The summed E-state index contributed by atoms with van der Waals surface area (Å²) >= 11 is 0. The molecule has 3 aromatic carbocycles. The molecule has 0 aliphatic carbocycles. The third-order valence-corrected chi connectivity index (χ3v) is 6.95. The minimum absolute atomic E-state index is 0.0597. The van der Waals surface area contributed by atoms with Gasteiger partial charge in [0, 0.05) is 17.4 Å². The van der Waals surface area contributed by atoms with Crippen molar-refractivity contribution in [2.75, 3.05) is 16.4 Å². The van der Waals surface area contributed by atoms with Gasteiger partial charge in [-0.1, -0.05) is 49.7 Å². The topological polar surface area (TPSA) is 128 Å². The van der Waals surface area contributed by atoms with E-state index in [0.717, 1.165) is 6.42 Å². The summed E-state index contributed by atoms with van der Waals surface area (Å²) in [5, 5.41) is 5.19. The summed E-state index contributed by atoms with van der Waals surface area (Å²) in [5.41, 5.74) is 1.31. The molecule has 2 amide bonds. The van der Waals surface area contributed by atoms with E-state index in [-0.39, 0.29) is 23.0 Å². The number of carbonyl (C=O) groups excluding carboxylic acids is 1. The molecule has 0 saturated carbocycles. The fourth-order valence-corrected chi connectivity index (χ4v) is 5.16. The average Bonchev–Trinajstić information content (AvgIpc) is 2.79. The van der Waals surface area contributed by atoms with Gasteiger partial charge in [0.05, 0.1) is 5.75 Å². The maximum Gasteiger partial charge on any atom is 0.323 e. The van der Waals surface area contributed by atoms with Crippen LogP contribution in [0.1, 0.15) is 25.3 Å². The molecule has 35 heavy (non-hydrogen) atoms. The molecule has 11 heteroatoms. The maximum atomic E-state index is 12.3. The number of rotatable bonds is 11. The molecule has 9 nitrogen and oxygen atoms in total. The molecule has 0 aliphatic rings. The molecule has 2 N–H and O–H groups in total. The van der Waals surface area contributed by atoms with Crippen molar-refractivity contribution in [2.45, 2.75) is 25.5 Å². The number of hydrogen-bond acceptors (Lipinski definition) is 7. The van der Waals surface area contributed by atoms with E-state index in [0.29, 0.717) is 23.4 Å². The minimum atomic E-state index is -3.89. The van der Waals surface area contributed by atoms with Gasteiger partial charge in [-0.2, -0.15) is 16.8 Å². The first-order chi connectivity index (χ1) is 16.6. The second-order valence-corrected chi connectivity index (χ2v) is 10.9. The lowest BCUT2D eigenvalue weighted by Gasteiger charge is -2.11. The highest BCUT2D eigenvalue weighted by atomic mass is 32.2. The summed E-state index contributed by atoms with van der Waals surface area (Å²) in [7, 11) is -7.55. The first-order valence-electron chi connectivity index (χ1n) is 10.8. The van der Waals surface area contributed by atoms with Gasteiger partial charge in [-0.05, 0) is 48.4 Å². The number of unbranched alkanes of at least 4 members (excludes halogenated alkanes) is 1. The summed E-state index contributed by atoms with van der Waals surface area (Å²) in [4.78, 5) is 12.3. The predicted molar refractivity (Wildman–Crippen MR) is 135 cm³/mol. The van der Waals surface area contributed by atoms with Gasteiger partial charge in [0.2, 0.25) is 0 Å². The third-order valence-electron chi connectivity index (χ3n) is 4.58. The van der Waals surface area contributed by atoms with Gasteiger partial charge in [0.15, 0.2) is 0 Å². The van der Waals surface area contributed by atoms with Crippen LogP contribution >= 0.6 is 0 Å². The van der Waals surface area contributed by atoms with Crippen molar-refractivity contribution in [3.63, 3.8) is 0 Å². The van der Waals surface area contributed by atoms with E-state index in [1.807, 2.05) is 6.92 Å². The zero-order valence-corrected chi connectivity index (χ0v) is 20.6. The summed E-state index contributed by atoms with van der Waals surface area (Å²) in [6, 6.07) is 19.9. The van der Waals surface area contributed by atoms with Crippen LogP contribution in [-0.2, 0) is 26.0 Å². The molecule has 0 radical (unpaired) electrons. The number of hydrogen-bond donors (Lipinski definition) is 2. The van der Waals surface area contributed by atoms with E-state index in [9.17, 15) is 21.6 Å². The lowest BCUT2D eigenvalue weighted by Crippen LogP contribution is -2.19. The highest BCUT2D eigenvalue weighted by Crippen LogP contribution is 2.22. The number of benzene rings is 3. The molecule has 0 bridgehead atoms. The molecular formula is C24H26N2O7S2. The molecule has 0 fully saturated rings. The second kappa shape index (κ2) is 11.7. The molecule has 0 atom stereocenters. The zero-order chi connectivity index (χ0) is 25.3. The van der Waals surface area contributed by atoms with Crippen molar-refractivity contribution >= 4 is 37.6 Å². The van der Waals surface area contributed by atoms with Gasteiger partial charge in [-0.25, -0.2) is 4.79 Å². The first kappa shape index (κ1) is 26.0. The Morgan fingerprint density at radius 1 is 0.743 bits per heavy atom. The van der Waals surface area contributed by atoms with Crippen molar-refractivity contribution in [1.82, 2.24) is 0 Å². The van der Waals surface area contributed by atoms with Crippen LogP contribution in [-0.4, -0.2) is 28.6 Å². The molecule has 186 valence electrons. The van der Waals surface area contributed by atoms with Gasteiger partial charge in [0.25, 0.3) is 0 Å². The summed E-state index contributed by atoms with van der Waals surface area (Å²) in [5.74, 6) is -0.147. The smallest absolute Gasteiger partial charge is 0.323 e. The van der Waals surface area contributed by atoms with Gasteiger partial charge < -0.3 is 19.0 Å². The summed E-state index contributed by atoms with van der Waals surface area (Å²) in [6.45, 7) is 1.89. The molecule has 0 aliphatic heterocycles. The SMILES string of the molecule is CCCCS(=O)(=O)Oc1ccc(NC(=O)Nc2cccc(OS(=O)(=O)Cc3ccccc3)c2)cc1. The summed E-state index contributed by atoms with van der Waals surface area (Å²) in [6.07, 6.45) is 1.24. The van der Waals surface area contributed by atoms with Gasteiger partial charge in [-0.15, -0.1) is 0 Å². The number of urea groups is 1. The Balaban J connectivity index is 1.56. The quantitative estimate of drug-likeness (QED) is 0.351. The Morgan fingerprint density at radius 3 is 2.09 bits per heavy atom. The van der Waals surface area contributed by atoms with E-state index in [1.165, 1.54) is 36.4 Å². The largest absolute Gasteiger partial charge is 0.382 e. The number of carbonyl (C=O) groups is 1. The Hall–Kier alpha value is -3.57. The Kier molecular flexibility index (Phi) is 8.72. The number of nitrogens with one attached hydrogen (secondary N) is 2. The molecule has 3 aromatic rings. The van der Waals surface area contributed by atoms with Gasteiger partial charge in [0.1, 0.15) is 17.3 Å². The monoisotopic (exact) mass is 518 g/mol. The van der Waals surface area contributed by atoms with E-state index >= 15 is 0 Å². The van der Waals surface area contributed by atoms with E-state index < -0.39 is 26.3 Å². The molecule has 0 aromatic heterocycles. The normalized spacial score (nSPS) is 11.5. The number of amides is 2. The van der Waals surface area contributed by atoms with Gasteiger partial charge >= 0.3 is 26.3 Å². The Labute approximate surface area is 205 Å². The molecule has 0 heterocycles. The van der Waals surface area contributed by atoms with Crippen molar-refractivity contribution in [3.05, 3.63) is 84.4 Å². The standard InChI is InChI=1S/C24H26N2O7S2/c1-2-3-16-34(28,29)32-22-14-12-20(13-15-22)25-24(27)26-21-10-7-11-23(17-21)33-35(30,31)18-19-8-5-4-6-9-19/h4-15,17H,2-3,16,18H2,1H3,(H2,25,26,27). The van der Waals surface area contributed by atoms with Crippen LogP contribution in [0, 0.1) is 0 Å². The molecule has 0 saturated heterocycles. The van der Waals surface area contributed by atoms with Crippen LogP contribution in [0.25, 0.3) is 0 Å². The van der Waals surface area contributed by atoms with Crippen molar-refractivity contribution in [2.24, 2.45) is 0 Å². The Bertz CT molecular complexity index is 1340. The molecule has 0 spiro atoms. The summed E-state index contributed by atoms with van der Waals surface area (Å²) < 4.78 is 58.6. The fourth-order valence-electron chi connectivity index (χ4n) is 2.98. The lowest BCUT2D eigenvalue weighted by atomic mass is 10.2. The highest BCUT2D eigenvalue weighted by molar-refractivity contribution is 7.87. The maximum absolute atomic E-state index is 12.3. The van der Waals surface area contributed by atoms with Crippen molar-refractivity contribution < 1.29 is 30.0 Å². The molecule has 0 unspecified atom stereocenters.